The molecule has 1 nitrogen and oxygen atoms in total. The maximum Gasteiger partial charge on any atom is 0.0563 e. The van der Waals surface area contributed by atoms with Crippen LogP contribution in [-0.2, 0) is 5.75 Å². The zero-order valence-corrected chi connectivity index (χ0v) is 14.7. The van der Waals surface area contributed by atoms with Crippen molar-refractivity contribution in [3.63, 3.8) is 0 Å². The van der Waals surface area contributed by atoms with E-state index in [0.717, 1.165) is 11.4 Å². The van der Waals surface area contributed by atoms with Crippen molar-refractivity contribution in [1.29, 1.82) is 0 Å². The standard InChI is InChI=1S/C20H31NS/c1-2-8-14-19(13-7-1)21-16-10-4-9-15-20(21)22-17-18-11-5-3-6-12-18/h3,5-6,11-12,19-20H,1-2,4,7-10,13-17H2. The predicted molar refractivity (Wildman–Crippen MR) is 98.2 cm³/mol. The van der Waals surface area contributed by atoms with Crippen LogP contribution in [0.15, 0.2) is 30.3 Å². The van der Waals surface area contributed by atoms with Crippen LogP contribution in [0.2, 0.25) is 0 Å². The van der Waals surface area contributed by atoms with Crippen LogP contribution in [0.25, 0.3) is 0 Å². The number of likely N-dealkylation sites (tertiary alicyclic amines) is 1. The number of hydrogen-bond acceptors (Lipinski definition) is 2. The largest absolute Gasteiger partial charge is 0.288 e. The van der Waals surface area contributed by atoms with Gasteiger partial charge in [-0.3, -0.25) is 4.90 Å². The van der Waals surface area contributed by atoms with Gasteiger partial charge in [0.25, 0.3) is 0 Å². The molecular formula is C20H31NS. The third kappa shape index (κ3) is 4.76. The van der Waals surface area contributed by atoms with Crippen LogP contribution < -0.4 is 0 Å². The third-order valence-corrected chi connectivity index (χ3v) is 6.71. The van der Waals surface area contributed by atoms with Crippen molar-refractivity contribution in [3.05, 3.63) is 35.9 Å². The zero-order chi connectivity index (χ0) is 15.0. The van der Waals surface area contributed by atoms with E-state index in [1.165, 1.54) is 82.1 Å². The molecule has 2 heteroatoms. The molecule has 3 rings (SSSR count). The summed E-state index contributed by atoms with van der Waals surface area (Å²) in [5, 5.41) is 0.755. The number of rotatable bonds is 4. The second-order valence-electron chi connectivity index (χ2n) is 6.98. The molecule has 1 aromatic rings. The Morgan fingerprint density at radius 3 is 2.27 bits per heavy atom. The Labute approximate surface area is 140 Å². The van der Waals surface area contributed by atoms with Crippen molar-refractivity contribution in [2.75, 3.05) is 6.54 Å². The second-order valence-corrected chi connectivity index (χ2v) is 8.15. The predicted octanol–water partition coefficient (Wildman–Crippen LogP) is 5.84. The van der Waals surface area contributed by atoms with Gasteiger partial charge in [0.2, 0.25) is 0 Å². The molecule has 1 heterocycles. The molecule has 0 bridgehead atoms. The second kappa shape index (κ2) is 8.98. The summed E-state index contributed by atoms with van der Waals surface area (Å²) in [4.78, 5) is 2.91. The molecule has 0 aromatic heterocycles. The summed E-state index contributed by atoms with van der Waals surface area (Å²) >= 11 is 2.20. The number of nitrogens with zero attached hydrogens (tertiary/aromatic N) is 1. The summed E-state index contributed by atoms with van der Waals surface area (Å²) in [6.07, 6.45) is 14.4. The number of benzene rings is 1. The Morgan fingerprint density at radius 2 is 1.50 bits per heavy atom. The fourth-order valence-corrected chi connectivity index (χ4v) is 5.43. The first-order valence-electron chi connectivity index (χ1n) is 9.35. The number of hydrogen-bond donors (Lipinski definition) is 0. The van der Waals surface area contributed by atoms with Gasteiger partial charge < -0.3 is 0 Å². The van der Waals surface area contributed by atoms with E-state index in [2.05, 4.69) is 47.0 Å². The Hall–Kier alpha value is -0.470. The lowest BCUT2D eigenvalue weighted by atomic mass is 10.1. The van der Waals surface area contributed by atoms with Crippen LogP contribution in [-0.4, -0.2) is 22.9 Å². The van der Waals surface area contributed by atoms with Gasteiger partial charge >= 0.3 is 0 Å². The molecular weight excluding hydrogens is 286 g/mol. The summed E-state index contributed by atoms with van der Waals surface area (Å²) in [7, 11) is 0. The summed E-state index contributed by atoms with van der Waals surface area (Å²) < 4.78 is 0. The molecule has 1 aliphatic heterocycles. The highest BCUT2D eigenvalue weighted by atomic mass is 32.2. The van der Waals surface area contributed by atoms with Crippen LogP contribution in [0.3, 0.4) is 0 Å². The van der Waals surface area contributed by atoms with Gasteiger partial charge in [-0.1, -0.05) is 68.9 Å². The molecule has 0 spiro atoms. The van der Waals surface area contributed by atoms with E-state index >= 15 is 0 Å². The normalized spacial score (nSPS) is 25.5. The van der Waals surface area contributed by atoms with Gasteiger partial charge in [-0.2, -0.15) is 0 Å². The molecule has 1 atom stereocenters. The van der Waals surface area contributed by atoms with Crippen LogP contribution in [0.1, 0.15) is 69.8 Å². The molecule has 1 aromatic carbocycles. The maximum absolute atomic E-state index is 2.91. The summed E-state index contributed by atoms with van der Waals surface area (Å²) in [6.45, 7) is 1.34. The molecule has 2 aliphatic rings. The van der Waals surface area contributed by atoms with Crippen LogP contribution in [0, 0.1) is 0 Å². The molecule has 0 amide bonds. The van der Waals surface area contributed by atoms with Crippen molar-refractivity contribution in [3.8, 4) is 0 Å². The highest BCUT2D eigenvalue weighted by molar-refractivity contribution is 7.99. The minimum atomic E-state index is 0.755. The van der Waals surface area contributed by atoms with E-state index in [-0.39, 0.29) is 0 Å². The minimum Gasteiger partial charge on any atom is -0.288 e. The van der Waals surface area contributed by atoms with E-state index in [1.807, 2.05) is 0 Å². The van der Waals surface area contributed by atoms with Gasteiger partial charge in [-0.25, -0.2) is 0 Å². The van der Waals surface area contributed by atoms with Gasteiger partial charge in [-0.15, -0.1) is 11.8 Å². The number of thioether (sulfide) groups is 1. The van der Waals surface area contributed by atoms with Crippen LogP contribution >= 0.6 is 11.8 Å². The third-order valence-electron chi connectivity index (χ3n) is 5.32. The summed E-state index contributed by atoms with van der Waals surface area (Å²) in [5.41, 5.74) is 1.48. The lowest BCUT2D eigenvalue weighted by Gasteiger charge is -2.36. The zero-order valence-electron chi connectivity index (χ0n) is 13.9. The van der Waals surface area contributed by atoms with E-state index in [4.69, 9.17) is 0 Å². The maximum atomic E-state index is 2.91. The summed E-state index contributed by atoms with van der Waals surface area (Å²) in [6, 6.07) is 11.9. The van der Waals surface area contributed by atoms with Crippen LogP contribution in [0.5, 0.6) is 0 Å². The first-order chi connectivity index (χ1) is 10.9. The lowest BCUT2D eigenvalue weighted by molar-refractivity contribution is 0.168. The lowest BCUT2D eigenvalue weighted by Crippen LogP contribution is -2.41. The van der Waals surface area contributed by atoms with Crippen molar-refractivity contribution in [2.45, 2.75) is 81.4 Å². The van der Waals surface area contributed by atoms with Crippen molar-refractivity contribution in [2.24, 2.45) is 0 Å². The molecule has 1 aliphatic carbocycles. The smallest absolute Gasteiger partial charge is 0.0563 e. The molecule has 1 saturated carbocycles. The fourth-order valence-electron chi connectivity index (χ4n) is 4.05. The minimum absolute atomic E-state index is 0.755. The average molecular weight is 318 g/mol. The Morgan fingerprint density at radius 1 is 0.818 bits per heavy atom. The van der Waals surface area contributed by atoms with Gasteiger partial charge in [0.1, 0.15) is 0 Å². The molecule has 0 radical (unpaired) electrons. The van der Waals surface area contributed by atoms with Gasteiger partial charge in [-0.05, 0) is 37.8 Å². The first kappa shape index (κ1) is 16.4. The van der Waals surface area contributed by atoms with E-state index < -0.39 is 0 Å². The van der Waals surface area contributed by atoms with Gasteiger partial charge in [0.15, 0.2) is 0 Å². The Balaban J connectivity index is 1.62. The Kier molecular flexibility index (Phi) is 6.69. The van der Waals surface area contributed by atoms with Crippen molar-refractivity contribution in [1.82, 2.24) is 4.90 Å². The van der Waals surface area contributed by atoms with Gasteiger partial charge in [0.05, 0.1) is 5.37 Å². The highest BCUT2D eigenvalue weighted by Crippen LogP contribution is 2.33. The van der Waals surface area contributed by atoms with E-state index in [0.29, 0.717) is 0 Å². The van der Waals surface area contributed by atoms with Crippen molar-refractivity contribution < 1.29 is 0 Å². The SMILES string of the molecule is c1ccc(CSC2CCCCCN2C2CCCCCC2)cc1. The monoisotopic (exact) mass is 317 g/mol. The van der Waals surface area contributed by atoms with E-state index in [1.54, 1.807) is 0 Å². The molecule has 22 heavy (non-hydrogen) atoms. The molecule has 0 N–H and O–H groups in total. The first-order valence-corrected chi connectivity index (χ1v) is 10.4. The fraction of sp³-hybridized carbons (Fsp3) is 0.700. The topological polar surface area (TPSA) is 3.24 Å². The van der Waals surface area contributed by atoms with Crippen LogP contribution in [0.4, 0.5) is 0 Å². The summed E-state index contributed by atoms with van der Waals surface area (Å²) in [5.74, 6) is 1.18. The average Bonchev–Trinajstić information content (AvgIpc) is 2.96. The highest BCUT2D eigenvalue weighted by Gasteiger charge is 2.28. The Bertz CT molecular complexity index is 411. The van der Waals surface area contributed by atoms with E-state index in [9.17, 15) is 0 Å². The van der Waals surface area contributed by atoms with Gasteiger partial charge in [0, 0.05) is 11.8 Å². The molecule has 1 unspecified atom stereocenters. The molecule has 1 saturated heterocycles. The van der Waals surface area contributed by atoms with Crippen molar-refractivity contribution >= 4 is 11.8 Å². The molecule has 122 valence electrons. The quantitative estimate of drug-likeness (QED) is 0.641. The molecule has 2 fully saturated rings.